The molecule has 0 unspecified atom stereocenters. The van der Waals surface area contributed by atoms with Crippen molar-refractivity contribution in [1.29, 1.82) is 0 Å². The molecule has 0 bridgehead atoms. The summed E-state index contributed by atoms with van der Waals surface area (Å²) in [6.07, 6.45) is 1.88. The molecule has 0 aliphatic heterocycles. The van der Waals surface area contributed by atoms with E-state index in [1.54, 1.807) is 0 Å². The highest BCUT2D eigenvalue weighted by atomic mass is 14.4. The second kappa shape index (κ2) is 6.62. The van der Waals surface area contributed by atoms with E-state index in [4.69, 9.17) is 0 Å². The highest BCUT2D eigenvalue weighted by molar-refractivity contribution is 5.50. The molecule has 3 aromatic rings. The van der Waals surface area contributed by atoms with Gasteiger partial charge in [0.2, 0.25) is 0 Å². The molecular weight excluding hydrogens is 264 g/mol. The lowest BCUT2D eigenvalue weighted by molar-refractivity contribution is 0.565. The first-order valence-corrected chi connectivity index (χ1v) is 7.84. The van der Waals surface area contributed by atoms with Crippen LogP contribution in [0.15, 0.2) is 91.0 Å². The number of hydrogen-bond donors (Lipinski definition) is 0. The second-order valence-corrected chi connectivity index (χ2v) is 5.61. The maximum atomic E-state index is 4.15. The predicted molar refractivity (Wildman–Crippen MR) is 93.8 cm³/mol. The van der Waals surface area contributed by atoms with E-state index >= 15 is 0 Å². The molecule has 0 heterocycles. The van der Waals surface area contributed by atoms with Crippen LogP contribution in [0.25, 0.3) is 0 Å². The van der Waals surface area contributed by atoms with Crippen LogP contribution in [0.1, 0.15) is 29.5 Å². The summed E-state index contributed by atoms with van der Waals surface area (Å²) in [5.41, 5.74) is 3.86. The van der Waals surface area contributed by atoms with Gasteiger partial charge >= 0.3 is 0 Å². The van der Waals surface area contributed by atoms with Gasteiger partial charge in [-0.25, -0.2) is 0 Å². The quantitative estimate of drug-likeness (QED) is 0.532. The van der Waals surface area contributed by atoms with E-state index in [0.717, 1.165) is 12.8 Å². The largest absolute Gasteiger partial charge is 0.0622 e. The van der Waals surface area contributed by atoms with E-state index in [-0.39, 0.29) is 5.41 Å². The van der Waals surface area contributed by atoms with Gasteiger partial charge in [0.15, 0.2) is 0 Å². The molecule has 0 aliphatic carbocycles. The lowest BCUT2D eigenvalue weighted by Crippen LogP contribution is -2.29. The van der Waals surface area contributed by atoms with E-state index in [9.17, 15) is 0 Å². The van der Waals surface area contributed by atoms with Crippen LogP contribution >= 0.6 is 0 Å². The van der Waals surface area contributed by atoms with Crippen molar-refractivity contribution in [2.75, 3.05) is 0 Å². The summed E-state index contributed by atoms with van der Waals surface area (Å²) < 4.78 is 0. The fourth-order valence-electron chi connectivity index (χ4n) is 3.37. The molecule has 0 fully saturated rings. The van der Waals surface area contributed by atoms with E-state index in [2.05, 4.69) is 97.9 Å². The minimum Gasteiger partial charge on any atom is -0.0622 e. The molecule has 22 heavy (non-hydrogen) atoms. The maximum Gasteiger partial charge on any atom is 0.0451 e. The maximum absolute atomic E-state index is 4.15. The van der Waals surface area contributed by atoms with Gasteiger partial charge in [-0.15, -0.1) is 0 Å². The van der Waals surface area contributed by atoms with Gasteiger partial charge in [-0.1, -0.05) is 104 Å². The predicted octanol–water partition coefficient (Wildman–Crippen LogP) is 5.64. The Morgan fingerprint density at radius 2 is 0.864 bits per heavy atom. The third kappa shape index (κ3) is 2.57. The first-order valence-electron chi connectivity index (χ1n) is 7.84. The number of hydrogen-bond acceptors (Lipinski definition) is 0. The van der Waals surface area contributed by atoms with Gasteiger partial charge in [0.05, 0.1) is 0 Å². The molecule has 109 valence electrons. The van der Waals surface area contributed by atoms with E-state index in [1.165, 1.54) is 16.7 Å². The molecule has 0 saturated carbocycles. The zero-order chi connectivity index (χ0) is 15.3. The molecule has 0 N–H and O–H groups in total. The zero-order valence-corrected chi connectivity index (χ0v) is 12.8. The van der Waals surface area contributed by atoms with Crippen molar-refractivity contribution in [2.45, 2.75) is 18.3 Å². The lowest BCUT2D eigenvalue weighted by atomic mass is 9.67. The van der Waals surface area contributed by atoms with Crippen LogP contribution in [0.3, 0.4) is 0 Å². The minimum atomic E-state index is -0.133. The topological polar surface area (TPSA) is 0 Å². The molecular formula is C22H21. The van der Waals surface area contributed by atoms with Gasteiger partial charge < -0.3 is 0 Å². The minimum absolute atomic E-state index is 0.133. The van der Waals surface area contributed by atoms with Gasteiger partial charge in [-0.05, 0) is 23.1 Å². The normalized spacial score (nSPS) is 11.3. The summed E-state index contributed by atoms with van der Waals surface area (Å²) in [6.45, 7) is 4.15. The highest BCUT2D eigenvalue weighted by Gasteiger charge is 2.34. The second-order valence-electron chi connectivity index (χ2n) is 5.61. The number of benzene rings is 3. The third-order valence-electron chi connectivity index (χ3n) is 4.35. The summed E-state index contributed by atoms with van der Waals surface area (Å²) in [7, 11) is 0. The molecule has 0 aliphatic rings. The Bertz CT molecular complexity index is 587. The Labute approximate surface area is 133 Å². The molecule has 0 spiro atoms. The molecule has 0 heteroatoms. The van der Waals surface area contributed by atoms with Crippen LogP contribution in [0.5, 0.6) is 0 Å². The Balaban J connectivity index is 2.29. The molecule has 0 atom stereocenters. The Hall–Kier alpha value is -2.34. The Kier molecular flexibility index (Phi) is 4.39. The molecule has 0 amide bonds. The number of rotatable bonds is 5. The van der Waals surface area contributed by atoms with Crippen molar-refractivity contribution in [3.63, 3.8) is 0 Å². The van der Waals surface area contributed by atoms with Crippen LogP contribution < -0.4 is 0 Å². The van der Waals surface area contributed by atoms with Crippen LogP contribution in [-0.4, -0.2) is 0 Å². The average Bonchev–Trinajstić information content (AvgIpc) is 2.62. The SMILES string of the molecule is [CH2]CCC(c1ccccc1)(c1ccccc1)c1ccccc1. The van der Waals surface area contributed by atoms with Crippen molar-refractivity contribution in [2.24, 2.45) is 0 Å². The van der Waals surface area contributed by atoms with E-state index in [0.29, 0.717) is 0 Å². The standard InChI is InChI=1S/C22H21/c1-2-18-22(19-12-6-3-7-13-19,20-14-8-4-9-15-20)21-16-10-5-11-17-21/h3-17H,1-2,18H2. The van der Waals surface area contributed by atoms with Crippen molar-refractivity contribution in [3.05, 3.63) is 115 Å². The molecule has 3 rings (SSSR count). The Morgan fingerprint density at radius 3 is 1.14 bits per heavy atom. The van der Waals surface area contributed by atoms with Gasteiger partial charge in [0.25, 0.3) is 0 Å². The summed E-state index contributed by atoms with van der Waals surface area (Å²) in [6, 6.07) is 32.4. The van der Waals surface area contributed by atoms with Crippen molar-refractivity contribution >= 4 is 0 Å². The van der Waals surface area contributed by atoms with Gasteiger partial charge in [0, 0.05) is 5.41 Å². The third-order valence-corrected chi connectivity index (χ3v) is 4.35. The van der Waals surface area contributed by atoms with Gasteiger partial charge in [0.1, 0.15) is 0 Å². The zero-order valence-electron chi connectivity index (χ0n) is 12.8. The van der Waals surface area contributed by atoms with Crippen LogP contribution in [-0.2, 0) is 5.41 Å². The molecule has 0 aromatic heterocycles. The summed E-state index contributed by atoms with van der Waals surface area (Å²) in [5, 5.41) is 0. The summed E-state index contributed by atoms with van der Waals surface area (Å²) in [5.74, 6) is 0. The smallest absolute Gasteiger partial charge is 0.0451 e. The lowest BCUT2D eigenvalue weighted by Gasteiger charge is -2.36. The fourth-order valence-corrected chi connectivity index (χ4v) is 3.37. The van der Waals surface area contributed by atoms with Crippen molar-refractivity contribution in [3.8, 4) is 0 Å². The van der Waals surface area contributed by atoms with Crippen LogP contribution in [0, 0.1) is 6.92 Å². The molecule has 0 nitrogen and oxygen atoms in total. The highest BCUT2D eigenvalue weighted by Crippen LogP contribution is 2.42. The van der Waals surface area contributed by atoms with E-state index in [1.807, 2.05) is 0 Å². The van der Waals surface area contributed by atoms with Gasteiger partial charge in [-0.2, -0.15) is 0 Å². The van der Waals surface area contributed by atoms with Gasteiger partial charge in [-0.3, -0.25) is 0 Å². The van der Waals surface area contributed by atoms with Crippen LogP contribution in [0.2, 0.25) is 0 Å². The molecule has 1 radical (unpaired) electrons. The first kappa shape index (κ1) is 14.6. The van der Waals surface area contributed by atoms with E-state index < -0.39 is 0 Å². The fraction of sp³-hybridized carbons (Fsp3) is 0.136. The first-order chi connectivity index (χ1) is 10.9. The Morgan fingerprint density at radius 1 is 0.545 bits per heavy atom. The average molecular weight is 285 g/mol. The summed E-state index contributed by atoms with van der Waals surface area (Å²) >= 11 is 0. The summed E-state index contributed by atoms with van der Waals surface area (Å²) in [4.78, 5) is 0. The van der Waals surface area contributed by atoms with Crippen LogP contribution in [0.4, 0.5) is 0 Å². The van der Waals surface area contributed by atoms with Crippen molar-refractivity contribution in [1.82, 2.24) is 0 Å². The van der Waals surface area contributed by atoms with Crippen molar-refractivity contribution < 1.29 is 0 Å². The molecule has 3 aromatic carbocycles. The molecule has 0 saturated heterocycles. The monoisotopic (exact) mass is 285 g/mol.